The van der Waals surface area contributed by atoms with E-state index in [1.54, 1.807) is 48.7 Å². The number of carbonyl (C=O) groups excluding carboxylic acids is 2. The molecule has 134 valence electrons. The lowest BCUT2D eigenvalue weighted by atomic mass is 10.0. The van der Waals surface area contributed by atoms with E-state index in [4.69, 9.17) is 4.74 Å². The quantitative estimate of drug-likeness (QED) is 0.707. The molecular formula is C21H17N3O3. The fraction of sp³-hybridized carbons (Fsp3) is 0.143. The van der Waals surface area contributed by atoms with Gasteiger partial charge in [0.25, 0.3) is 5.91 Å². The monoisotopic (exact) mass is 359 g/mol. The molecule has 2 aromatic carbocycles. The van der Waals surface area contributed by atoms with E-state index in [2.05, 4.69) is 16.4 Å². The molecule has 0 radical (unpaired) electrons. The van der Waals surface area contributed by atoms with Crippen molar-refractivity contribution >= 4 is 22.8 Å². The summed E-state index contributed by atoms with van der Waals surface area (Å²) in [7, 11) is 1.26. The number of nitrogens with one attached hydrogen (secondary N) is 1. The summed E-state index contributed by atoms with van der Waals surface area (Å²) in [6, 6.07) is 17.0. The van der Waals surface area contributed by atoms with E-state index in [1.165, 1.54) is 7.11 Å². The summed E-state index contributed by atoms with van der Waals surface area (Å²) in [4.78, 5) is 29.3. The van der Waals surface area contributed by atoms with Crippen molar-refractivity contribution in [2.24, 2.45) is 0 Å². The zero-order valence-electron chi connectivity index (χ0n) is 14.7. The standard InChI is InChI=1S/C21H17N3O3/c1-27-21(26)18(12-15-6-2-3-7-16(15)13-22)24-20(25)17-10-4-8-14-9-5-11-23-19(14)17/h2-11,18H,12H2,1H3,(H,24,25)/t18-/m1/s1. The van der Waals surface area contributed by atoms with Crippen LogP contribution in [0.5, 0.6) is 0 Å². The second kappa shape index (κ2) is 8.11. The largest absolute Gasteiger partial charge is 0.467 e. The van der Waals surface area contributed by atoms with Gasteiger partial charge >= 0.3 is 5.97 Å². The van der Waals surface area contributed by atoms with Gasteiger partial charge < -0.3 is 10.1 Å². The number of amides is 1. The average molecular weight is 359 g/mol. The number of carbonyl (C=O) groups is 2. The highest BCUT2D eigenvalue weighted by molar-refractivity contribution is 6.06. The van der Waals surface area contributed by atoms with Gasteiger partial charge in [0.05, 0.1) is 29.8 Å². The Kier molecular flexibility index (Phi) is 5.43. The fourth-order valence-corrected chi connectivity index (χ4v) is 2.89. The van der Waals surface area contributed by atoms with E-state index < -0.39 is 17.9 Å². The predicted molar refractivity (Wildman–Crippen MR) is 99.9 cm³/mol. The van der Waals surface area contributed by atoms with Crippen molar-refractivity contribution in [1.82, 2.24) is 10.3 Å². The van der Waals surface area contributed by atoms with Crippen LogP contribution in [0.15, 0.2) is 60.8 Å². The third-order valence-electron chi connectivity index (χ3n) is 4.23. The first-order valence-electron chi connectivity index (χ1n) is 8.34. The molecule has 0 bridgehead atoms. The van der Waals surface area contributed by atoms with Crippen molar-refractivity contribution in [3.05, 3.63) is 77.5 Å². The van der Waals surface area contributed by atoms with Gasteiger partial charge in [0.15, 0.2) is 0 Å². The lowest BCUT2D eigenvalue weighted by Gasteiger charge is -2.17. The molecule has 0 aliphatic rings. The number of aromatic nitrogens is 1. The van der Waals surface area contributed by atoms with E-state index in [9.17, 15) is 14.9 Å². The van der Waals surface area contributed by atoms with Gasteiger partial charge in [0.1, 0.15) is 6.04 Å². The van der Waals surface area contributed by atoms with Gasteiger partial charge in [-0.15, -0.1) is 0 Å². The second-order valence-electron chi connectivity index (χ2n) is 5.90. The van der Waals surface area contributed by atoms with Gasteiger partial charge in [0.2, 0.25) is 0 Å². The van der Waals surface area contributed by atoms with Crippen LogP contribution in [0, 0.1) is 11.3 Å². The molecule has 0 aliphatic carbocycles. The van der Waals surface area contributed by atoms with E-state index >= 15 is 0 Å². The van der Waals surface area contributed by atoms with Gasteiger partial charge in [0, 0.05) is 18.0 Å². The summed E-state index contributed by atoms with van der Waals surface area (Å²) in [6.45, 7) is 0. The number of ether oxygens (including phenoxy) is 1. The molecule has 1 amide bonds. The van der Waals surface area contributed by atoms with Gasteiger partial charge in [-0.25, -0.2) is 4.79 Å². The van der Waals surface area contributed by atoms with Crippen molar-refractivity contribution in [3.63, 3.8) is 0 Å². The molecule has 0 aliphatic heterocycles. The number of hydrogen-bond acceptors (Lipinski definition) is 5. The summed E-state index contributed by atoms with van der Waals surface area (Å²) >= 11 is 0. The van der Waals surface area contributed by atoms with Crippen LogP contribution in [-0.4, -0.2) is 30.0 Å². The van der Waals surface area contributed by atoms with E-state index in [0.717, 1.165) is 5.39 Å². The third kappa shape index (κ3) is 3.93. The molecule has 3 rings (SSSR count). The fourth-order valence-electron chi connectivity index (χ4n) is 2.89. The van der Waals surface area contributed by atoms with E-state index in [1.807, 2.05) is 12.1 Å². The van der Waals surface area contributed by atoms with Crippen molar-refractivity contribution in [3.8, 4) is 6.07 Å². The molecule has 1 aromatic heterocycles. The minimum absolute atomic E-state index is 0.153. The minimum Gasteiger partial charge on any atom is -0.467 e. The van der Waals surface area contributed by atoms with Crippen molar-refractivity contribution in [1.29, 1.82) is 5.26 Å². The maximum Gasteiger partial charge on any atom is 0.328 e. The normalized spacial score (nSPS) is 11.4. The molecule has 3 aromatic rings. The molecule has 1 N–H and O–H groups in total. The molecule has 6 heteroatoms. The summed E-state index contributed by atoms with van der Waals surface area (Å²) in [5.41, 5.74) is 2.04. The highest BCUT2D eigenvalue weighted by Gasteiger charge is 2.24. The van der Waals surface area contributed by atoms with Crippen molar-refractivity contribution in [2.75, 3.05) is 7.11 Å². The topological polar surface area (TPSA) is 92.1 Å². The van der Waals surface area contributed by atoms with Gasteiger partial charge in [-0.3, -0.25) is 9.78 Å². The van der Waals surface area contributed by atoms with Crippen LogP contribution < -0.4 is 5.32 Å². The second-order valence-corrected chi connectivity index (χ2v) is 5.90. The molecule has 0 unspecified atom stereocenters. The van der Waals surface area contributed by atoms with Crippen LogP contribution in [0.2, 0.25) is 0 Å². The number of hydrogen-bond donors (Lipinski definition) is 1. The zero-order chi connectivity index (χ0) is 19.2. The SMILES string of the molecule is COC(=O)[C@@H](Cc1ccccc1C#N)NC(=O)c1cccc2cccnc12. The first-order valence-corrected chi connectivity index (χ1v) is 8.34. The summed E-state index contributed by atoms with van der Waals surface area (Å²) in [5.74, 6) is -1.01. The minimum atomic E-state index is -0.920. The Morgan fingerprint density at radius 1 is 1.15 bits per heavy atom. The Hall–Kier alpha value is -3.72. The lowest BCUT2D eigenvalue weighted by molar-refractivity contribution is -0.142. The van der Waals surface area contributed by atoms with Crippen LogP contribution in [-0.2, 0) is 16.0 Å². The van der Waals surface area contributed by atoms with Crippen LogP contribution in [0.3, 0.4) is 0 Å². The Morgan fingerprint density at radius 2 is 1.93 bits per heavy atom. The highest BCUT2D eigenvalue weighted by atomic mass is 16.5. The van der Waals surface area contributed by atoms with E-state index in [0.29, 0.717) is 22.2 Å². The number of para-hydroxylation sites is 1. The van der Waals surface area contributed by atoms with Crippen LogP contribution in [0.25, 0.3) is 10.9 Å². The maximum absolute atomic E-state index is 12.8. The number of nitriles is 1. The molecule has 1 heterocycles. The number of nitrogens with zero attached hydrogens (tertiary/aromatic N) is 2. The lowest BCUT2D eigenvalue weighted by Crippen LogP contribution is -2.43. The molecule has 0 fully saturated rings. The van der Waals surface area contributed by atoms with Gasteiger partial charge in [-0.1, -0.05) is 36.4 Å². The molecule has 1 atom stereocenters. The van der Waals surface area contributed by atoms with Crippen LogP contribution in [0.4, 0.5) is 0 Å². The predicted octanol–water partition coefficient (Wildman–Crippen LogP) is 2.62. The highest BCUT2D eigenvalue weighted by Crippen LogP contribution is 2.17. The number of rotatable bonds is 5. The third-order valence-corrected chi connectivity index (χ3v) is 4.23. The van der Waals surface area contributed by atoms with Crippen LogP contribution in [0.1, 0.15) is 21.5 Å². The smallest absolute Gasteiger partial charge is 0.328 e. The summed E-state index contributed by atoms with van der Waals surface area (Å²) in [5, 5.41) is 12.8. The van der Waals surface area contributed by atoms with Gasteiger partial charge in [-0.05, 0) is 23.8 Å². The first-order chi connectivity index (χ1) is 13.1. The number of esters is 1. The van der Waals surface area contributed by atoms with Crippen molar-refractivity contribution < 1.29 is 14.3 Å². The van der Waals surface area contributed by atoms with Gasteiger partial charge in [-0.2, -0.15) is 5.26 Å². The van der Waals surface area contributed by atoms with E-state index in [-0.39, 0.29) is 6.42 Å². The zero-order valence-corrected chi connectivity index (χ0v) is 14.7. The number of pyridine rings is 1. The Bertz CT molecular complexity index is 1030. The molecule has 27 heavy (non-hydrogen) atoms. The Labute approximate surface area is 156 Å². The van der Waals surface area contributed by atoms with Crippen molar-refractivity contribution in [2.45, 2.75) is 12.5 Å². The molecule has 0 spiro atoms. The Balaban J connectivity index is 1.89. The van der Waals surface area contributed by atoms with Crippen LogP contribution >= 0.6 is 0 Å². The number of fused-ring (bicyclic) bond motifs is 1. The molecule has 0 saturated carbocycles. The molecule has 6 nitrogen and oxygen atoms in total. The average Bonchev–Trinajstić information content (AvgIpc) is 2.72. The summed E-state index contributed by atoms with van der Waals surface area (Å²) < 4.78 is 4.83. The maximum atomic E-state index is 12.8. The summed E-state index contributed by atoms with van der Waals surface area (Å²) in [6.07, 6.45) is 1.76. The Morgan fingerprint density at radius 3 is 2.70 bits per heavy atom. The number of methoxy groups -OCH3 is 1. The molecule has 0 saturated heterocycles. The first kappa shape index (κ1) is 18.1. The number of benzene rings is 2. The molecular weight excluding hydrogens is 342 g/mol.